The molecule has 1 amide bonds. The number of rotatable bonds is 2. The number of halogens is 3. The highest BCUT2D eigenvalue weighted by Gasteiger charge is 2.50. The molecule has 1 aromatic carbocycles. The van der Waals surface area contributed by atoms with E-state index in [-0.39, 0.29) is 11.5 Å². The molecule has 0 spiro atoms. The minimum atomic E-state index is -4.52. The first-order valence-electron chi connectivity index (χ1n) is 7.33. The molecule has 0 saturated heterocycles. The zero-order chi connectivity index (χ0) is 18.1. The fourth-order valence-electron chi connectivity index (χ4n) is 2.25. The van der Waals surface area contributed by atoms with Crippen molar-refractivity contribution in [1.29, 1.82) is 0 Å². The zero-order valence-corrected chi connectivity index (χ0v) is 13.8. The highest BCUT2D eigenvalue weighted by atomic mass is 19.4. The molecule has 0 saturated carbocycles. The first kappa shape index (κ1) is 18.1. The third-order valence-electron chi connectivity index (χ3n) is 3.10. The molecule has 1 aromatic rings. The maximum atomic E-state index is 13.1. The molecule has 24 heavy (non-hydrogen) atoms. The second-order valence-electron chi connectivity index (χ2n) is 6.43. The maximum absolute atomic E-state index is 13.1. The summed E-state index contributed by atoms with van der Waals surface area (Å²) >= 11 is 0. The number of amides is 1. The van der Waals surface area contributed by atoms with Crippen LogP contribution in [0.4, 0.5) is 23.7 Å². The number of hydrogen-bond acceptors (Lipinski definition) is 4. The van der Waals surface area contributed by atoms with Crippen LogP contribution in [0.2, 0.25) is 0 Å². The van der Waals surface area contributed by atoms with Crippen LogP contribution >= 0.6 is 0 Å². The molecule has 8 heteroatoms. The van der Waals surface area contributed by atoms with E-state index in [2.05, 4.69) is 10.3 Å². The summed E-state index contributed by atoms with van der Waals surface area (Å²) in [5.41, 5.74) is -0.0925. The van der Waals surface area contributed by atoms with Crippen molar-refractivity contribution < 1.29 is 27.4 Å². The van der Waals surface area contributed by atoms with Crippen LogP contribution in [0.3, 0.4) is 0 Å². The van der Waals surface area contributed by atoms with Crippen LogP contribution in [-0.4, -0.2) is 29.8 Å². The Bertz CT molecular complexity index is 651. The van der Waals surface area contributed by atoms with Gasteiger partial charge in [-0.3, -0.25) is 5.32 Å². The predicted octanol–water partition coefficient (Wildman–Crippen LogP) is 4.45. The SMILES string of the molecule is CC1=N[C@H](C(F)(F)F)[C@@H](c2cccc(NC(=O)OC(C)(C)C)c2)O1. The van der Waals surface area contributed by atoms with Crippen molar-refractivity contribution in [2.45, 2.75) is 51.6 Å². The summed E-state index contributed by atoms with van der Waals surface area (Å²) < 4.78 is 49.6. The fourth-order valence-corrected chi connectivity index (χ4v) is 2.25. The van der Waals surface area contributed by atoms with E-state index in [1.54, 1.807) is 26.8 Å². The van der Waals surface area contributed by atoms with Gasteiger partial charge in [-0.2, -0.15) is 13.2 Å². The molecule has 0 aliphatic carbocycles. The van der Waals surface area contributed by atoms with Gasteiger partial charge in [-0.15, -0.1) is 0 Å². The Morgan fingerprint density at radius 3 is 2.54 bits per heavy atom. The summed E-state index contributed by atoms with van der Waals surface area (Å²) in [6.45, 7) is 6.51. The van der Waals surface area contributed by atoms with Gasteiger partial charge < -0.3 is 9.47 Å². The smallest absolute Gasteiger partial charge is 0.414 e. The van der Waals surface area contributed by atoms with Crippen LogP contribution in [0.25, 0.3) is 0 Å². The Balaban J connectivity index is 2.17. The number of alkyl halides is 3. The van der Waals surface area contributed by atoms with Crippen LogP contribution in [0.1, 0.15) is 39.4 Å². The lowest BCUT2D eigenvalue weighted by molar-refractivity contribution is -0.160. The number of carbonyl (C=O) groups excluding carboxylic acids is 1. The molecule has 1 heterocycles. The first-order chi connectivity index (χ1) is 11.0. The summed E-state index contributed by atoms with van der Waals surface area (Å²) in [6.07, 6.45) is -6.48. The number of anilines is 1. The maximum Gasteiger partial charge on any atom is 0.414 e. The standard InChI is InChI=1S/C16H19F3N2O3/c1-9-20-13(16(17,18)19)12(23-9)10-6-5-7-11(8-10)21-14(22)24-15(2,3)4/h5-8,12-13H,1-4H3,(H,21,22)/t12-,13+/m1/s1. The van der Waals surface area contributed by atoms with E-state index in [4.69, 9.17) is 9.47 Å². The lowest BCUT2D eigenvalue weighted by Gasteiger charge is -2.21. The first-order valence-corrected chi connectivity index (χ1v) is 7.33. The quantitative estimate of drug-likeness (QED) is 0.862. The molecule has 5 nitrogen and oxygen atoms in total. The van der Waals surface area contributed by atoms with E-state index in [1.807, 2.05) is 0 Å². The lowest BCUT2D eigenvalue weighted by Crippen LogP contribution is -2.31. The summed E-state index contributed by atoms with van der Waals surface area (Å²) in [5, 5.41) is 2.49. The highest BCUT2D eigenvalue weighted by molar-refractivity contribution is 5.85. The van der Waals surface area contributed by atoms with Gasteiger partial charge in [0.1, 0.15) is 5.60 Å². The molecular formula is C16H19F3N2O3. The lowest BCUT2D eigenvalue weighted by atomic mass is 10.0. The molecule has 2 atom stereocenters. The van der Waals surface area contributed by atoms with Crippen molar-refractivity contribution >= 4 is 17.7 Å². The van der Waals surface area contributed by atoms with Crippen molar-refractivity contribution in [3.8, 4) is 0 Å². The van der Waals surface area contributed by atoms with Crippen molar-refractivity contribution in [2.75, 3.05) is 5.32 Å². The molecule has 1 N–H and O–H groups in total. The van der Waals surface area contributed by atoms with Gasteiger partial charge in [-0.05, 0) is 38.5 Å². The van der Waals surface area contributed by atoms with Gasteiger partial charge in [0.15, 0.2) is 18.0 Å². The third kappa shape index (κ3) is 4.62. The number of nitrogens with zero attached hydrogens (tertiary/aromatic N) is 1. The van der Waals surface area contributed by atoms with Crippen LogP contribution in [0.15, 0.2) is 29.3 Å². The van der Waals surface area contributed by atoms with E-state index in [1.165, 1.54) is 25.1 Å². The van der Waals surface area contributed by atoms with Crippen molar-refractivity contribution in [1.82, 2.24) is 0 Å². The van der Waals surface area contributed by atoms with Gasteiger partial charge in [-0.25, -0.2) is 9.79 Å². The number of nitrogens with one attached hydrogen (secondary N) is 1. The van der Waals surface area contributed by atoms with Crippen molar-refractivity contribution in [3.05, 3.63) is 29.8 Å². The molecule has 0 fully saturated rings. The molecular weight excluding hydrogens is 325 g/mol. The normalized spacial score (nSPS) is 21.0. The van der Waals surface area contributed by atoms with E-state index >= 15 is 0 Å². The number of aliphatic imine (C=N–C) groups is 1. The van der Waals surface area contributed by atoms with Crippen LogP contribution in [-0.2, 0) is 9.47 Å². The minimum absolute atomic E-state index is 0.0205. The summed E-state index contributed by atoms with van der Waals surface area (Å²) in [7, 11) is 0. The number of ether oxygens (including phenoxy) is 2. The second kappa shape index (κ2) is 6.33. The number of hydrogen-bond donors (Lipinski definition) is 1. The van der Waals surface area contributed by atoms with Gasteiger partial charge in [0.2, 0.25) is 0 Å². The zero-order valence-electron chi connectivity index (χ0n) is 13.8. The van der Waals surface area contributed by atoms with Crippen LogP contribution in [0.5, 0.6) is 0 Å². The predicted molar refractivity (Wildman–Crippen MR) is 83.1 cm³/mol. The van der Waals surface area contributed by atoms with E-state index in [0.717, 1.165) is 0 Å². The Kier molecular flexibility index (Phi) is 4.77. The number of carbonyl (C=O) groups is 1. The Morgan fingerprint density at radius 2 is 1.96 bits per heavy atom. The van der Waals surface area contributed by atoms with E-state index in [9.17, 15) is 18.0 Å². The average Bonchev–Trinajstić information content (AvgIpc) is 2.79. The second-order valence-corrected chi connectivity index (χ2v) is 6.43. The molecule has 1 aliphatic heterocycles. The summed E-state index contributed by atoms with van der Waals surface area (Å²) in [5.74, 6) is -0.0205. The van der Waals surface area contributed by atoms with Gasteiger partial charge >= 0.3 is 12.3 Å². The highest BCUT2D eigenvalue weighted by Crippen LogP contribution is 2.39. The van der Waals surface area contributed by atoms with Crippen molar-refractivity contribution in [3.63, 3.8) is 0 Å². The number of benzene rings is 1. The van der Waals surface area contributed by atoms with Crippen LogP contribution in [0, 0.1) is 0 Å². The molecule has 2 rings (SSSR count). The Hall–Kier alpha value is -2.25. The molecule has 0 radical (unpaired) electrons. The van der Waals surface area contributed by atoms with Gasteiger partial charge in [0.25, 0.3) is 0 Å². The topological polar surface area (TPSA) is 59.9 Å². The molecule has 0 bridgehead atoms. The van der Waals surface area contributed by atoms with Gasteiger partial charge in [0, 0.05) is 12.6 Å². The Labute approximate surface area is 137 Å². The average molecular weight is 344 g/mol. The van der Waals surface area contributed by atoms with Gasteiger partial charge in [0.05, 0.1) is 0 Å². The fraction of sp³-hybridized carbons (Fsp3) is 0.500. The van der Waals surface area contributed by atoms with E-state index in [0.29, 0.717) is 5.69 Å². The van der Waals surface area contributed by atoms with Crippen LogP contribution < -0.4 is 5.32 Å². The minimum Gasteiger partial charge on any atom is -0.471 e. The van der Waals surface area contributed by atoms with Crippen molar-refractivity contribution in [2.24, 2.45) is 4.99 Å². The molecule has 132 valence electrons. The third-order valence-corrected chi connectivity index (χ3v) is 3.10. The van der Waals surface area contributed by atoms with E-state index < -0.39 is 30.0 Å². The summed E-state index contributed by atoms with van der Waals surface area (Å²) in [6, 6.07) is 4.04. The monoisotopic (exact) mass is 344 g/mol. The molecule has 0 unspecified atom stereocenters. The molecule has 0 aromatic heterocycles. The molecule has 1 aliphatic rings. The largest absolute Gasteiger partial charge is 0.471 e. The van der Waals surface area contributed by atoms with Gasteiger partial charge in [-0.1, -0.05) is 12.1 Å². The Morgan fingerprint density at radius 1 is 1.29 bits per heavy atom. The summed E-state index contributed by atoms with van der Waals surface area (Å²) in [4.78, 5) is 15.3.